The van der Waals surface area contributed by atoms with Gasteiger partial charge in [0.1, 0.15) is 0 Å². The van der Waals surface area contributed by atoms with Crippen molar-refractivity contribution in [3.8, 4) is 28.3 Å². The minimum Gasteiger partial charge on any atom is -0.493 e. The van der Waals surface area contributed by atoms with Crippen molar-refractivity contribution < 1.29 is 14.3 Å². The zero-order valence-corrected chi connectivity index (χ0v) is 17.5. The number of rotatable bonds is 7. The van der Waals surface area contributed by atoms with Crippen LogP contribution in [0.1, 0.15) is 24.3 Å². The van der Waals surface area contributed by atoms with Gasteiger partial charge in [-0.2, -0.15) is 5.10 Å². The van der Waals surface area contributed by atoms with Crippen LogP contribution in [0.4, 0.5) is 0 Å². The van der Waals surface area contributed by atoms with E-state index in [2.05, 4.69) is 18.9 Å². The fourth-order valence-corrected chi connectivity index (χ4v) is 3.27. The number of methoxy groups -OCH3 is 2. The second-order valence-electron chi connectivity index (χ2n) is 7.32. The van der Waals surface area contributed by atoms with Crippen LogP contribution in [0, 0.1) is 5.92 Å². The zero-order valence-electron chi connectivity index (χ0n) is 17.5. The van der Waals surface area contributed by atoms with E-state index in [1.165, 1.54) is 0 Å². The smallest absolute Gasteiger partial charge is 0.274 e. The summed E-state index contributed by atoms with van der Waals surface area (Å²) in [5, 5.41) is 4.64. The van der Waals surface area contributed by atoms with E-state index in [1.54, 1.807) is 23.8 Å². The molecule has 3 aromatic rings. The third kappa shape index (κ3) is 4.42. The number of para-hydroxylation sites is 1. The van der Waals surface area contributed by atoms with E-state index in [9.17, 15) is 4.79 Å². The maximum Gasteiger partial charge on any atom is 0.274 e. The van der Waals surface area contributed by atoms with Gasteiger partial charge < -0.3 is 14.4 Å². The van der Waals surface area contributed by atoms with Gasteiger partial charge in [0.15, 0.2) is 17.2 Å². The molecule has 0 aliphatic carbocycles. The SMILES string of the molecule is COc1ccc(-c2cn(-c3ccccc3)nc2C(=O)N(C)CC(C)C)cc1OC. The second-order valence-corrected chi connectivity index (χ2v) is 7.32. The summed E-state index contributed by atoms with van der Waals surface area (Å²) in [6.07, 6.45) is 1.88. The molecule has 0 unspecified atom stereocenters. The van der Waals surface area contributed by atoms with E-state index in [4.69, 9.17) is 9.47 Å². The molecule has 0 spiro atoms. The van der Waals surface area contributed by atoms with Gasteiger partial charge in [0.05, 0.1) is 19.9 Å². The van der Waals surface area contributed by atoms with Gasteiger partial charge in [-0.05, 0) is 35.7 Å². The Bertz CT molecular complexity index is 980. The zero-order chi connectivity index (χ0) is 21.0. The van der Waals surface area contributed by atoms with Crippen molar-refractivity contribution in [1.82, 2.24) is 14.7 Å². The molecule has 29 heavy (non-hydrogen) atoms. The van der Waals surface area contributed by atoms with Gasteiger partial charge in [0, 0.05) is 25.4 Å². The Morgan fingerprint density at radius 2 is 1.76 bits per heavy atom. The molecule has 0 N–H and O–H groups in total. The number of carbonyl (C=O) groups is 1. The van der Waals surface area contributed by atoms with Crippen LogP contribution < -0.4 is 9.47 Å². The maximum absolute atomic E-state index is 13.2. The first-order valence-corrected chi connectivity index (χ1v) is 9.57. The molecule has 1 amide bonds. The van der Waals surface area contributed by atoms with E-state index in [1.807, 2.05) is 61.8 Å². The minimum absolute atomic E-state index is 0.113. The molecule has 0 bridgehead atoms. The van der Waals surface area contributed by atoms with E-state index in [0.717, 1.165) is 16.8 Å². The Morgan fingerprint density at radius 3 is 2.38 bits per heavy atom. The van der Waals surface area contributed by atoms with Crippen molar-refractivity contribution >= 4 is 5.91 Å². The van der Waals surface area contributed by atoms with E-state index >= 15 is 0 Å². The molecule has 0 aliphatic heterocycles. The highest BCUT2D eigenvalue weighted by molar-refractivity contribution is 5.99. The van der Waals surface area contributed by atoms with Crippen LogP contribution in [0.2, 0.25) is 0 Å². The van der Waals surface area contributed by atoms with Crippen molar-refractivity contribution in [3.05, 3.63) is 60.4 Å². The van der Waals surface area contributed by atoms with Crippen LogP contribution in [0.5, 0.6) is 11.5 Å². The van der Waals surface area contributed by atoms with E-state index in [-0.39, 0.29) is 5.91 Å². The molecule has 0 saturated heterocycles. The molecule has 0 saturated carbocycles. The molecule has 0 atom stereocenters. The Balaban J connectivity index is 2.11. The van der Waals surface area contributed by atoms with Crippen LogP contribution in [-0.4, -0.2) is 48.4 Å². The third-order valence-corrected chi connectivity index (χ3v) is 4.62. The van der Waals surface area contributed by atoms with Crippen molar-refractivity contribution in [2.45, 2.75) is 13.8 Å². The maximum atomic E-state index is 13.2. The summed E-state index contributed by atoms with van der Waals surface area (Å²) in [5.74, 6) is 1.49. The Morgan fingerprint density at radius 1 is 1.07 bits per heavy atom. The number of ether oxygens (including phenoxy) is 2. The first-order chi connectivity index (χ1) is 13.9. The topological polar surface area (TPSA) is 56.6 Å². The summed E-state index contributed by atoms with van der Waals surface area (Å²) < 4.78 is 12.5. The number of hydrogen-bond donors (Lipinski definition) is 0. The molecule has 3 rings (SSSR count). The Labute approximate surface area is 171 Å². The molecule has 2 aromatic carbocycles. The third-order valence-electron chi connectivity index (χ3n) is 4.62. The van der Waals surface area contributed by atoms with Gasteiger partial charge in [-0.1, -0.05) is 38.1 Å². The molecule has 6 heteroatoms. The van der Waals surface area contributed by atoms with Gasteiger partial charge >= 0.3 is 0 Å². The molecule has 0 aliphatic rings. The molecular formula is C23H27N3O3. The minimum atomic E-state index is -0.113. The molecule has 6 nitrogen and oxygen atoms in total. The van der Waals surface area contributed by atoms with Crippen molar-refractivity contribution in [2.75, 3.05) is 27.8 Å². The Kier molecular flexibility index (Phi) is 6.22. The monoisotopic (exact) mass is 393 g/mol. The number of aromatic nitrogens is 2. The van der Waals surface area contributed by atoms with E-state index in [0.29, 0.717) is 29.7 Å². The number of carbonyl (C=O) groups excluding carboxylic acids is 1. The molecule has 1 heterocycles. The summed E-state index contributed by atoms with van der Waals surface area (Å²) in [5.41, 5.74) is 2.88. The van der Waals surface area contributed by atoms with Gasteiger partial charge in [0.25, 0.3) is 5.91 Å². The highest BCUT2D eigenvalue weighted by atomic mass is 16.5. The van der Waals surface area contributed by atoms with Crippen LogP contribution in [-0.2, 0) is 0 Å². The molecule has 1 aromatic heterocycles. The fourth-order valence-electron chi connectivity index (χ4n) is 3.27. The van der Waals surface area contributed by atoms with Gasteiger partial charge in [0.2, 0.25) is 0 Å². The predicted molar refractivity (Wildman–Crippen MR) is 114 cm³/mol. The second kappa shape index (κ2) is 8.82. The van der Waals surface area contributed by atoms with Crippen LogP contribution >= 0.6 is 0 Å². The van der Waals surface area contributed by atoms with Crippen LogP contribution in [0.3, 0.4) is 0 Å². The lowest BCUT2D eigenvalue weighted by molar-refractivity contribution is 0.0773. The quantitative estimate of drug-likeness (QED) is 0.601. The normalized spacial score (nSPS) is 10.8. The average Bonchev–Trinajstić information content (AvgIpc) is 3.18. The first-order valence-electron chi connectivity index (χ1n) is 9.57. The standard InChI is InChI=1S/C23H27N3O3/c1-16(2)14-25(3)23(27)22-19(15-26(24-22)18-9-7-6-8-10-18)17-11-12-20(28-4)21(13-17)29-5/h6-13,15-16H,14H2,1-5H3. The summed E-state index contributed by atoms with van der Waals surface area (Å²) in [6.45, 7) is 4.83. The first kappa shape index (κ1) is 20.5. The van der Waals surface area contributed by atoms with Crippen molar-refractivity contribution in [3.63, 3.8) is 0 Å². The molecule has 0 fully saturated rings. The van der Waals surface area contributed by atoms with Crippen LogP contribution in [0.15, 0.2) is 54.7 Å². The highest BCUT2D eigenvalue weighted by Crippen LogP contribution is 2.34. The lowest BCUT2D eigenvalue weighted by Gasteiger charge is -2.19. The largest absolute Gasteiger partial charge is 0.493 e. The number of nitrogens with zero attached hydrogens (tertiary/aromatic N) is 3. The highest BCUT2D eigenvalue weighted by Gasteiger charge is 2.23. The molecular weight excluding hydrogens is 366 g/mol. The summed E-state index contributed by atoms with van der Waals surface area (Å²) >= 11 is 0. The van der Waals surface area contributed by atoms with Crippen LogP contribution in [0.25, 0.3) is 16.8 Å². The number of amides is 1. The molecule has 152 valence electrons. The lowest BCUT2D eigenvalue weighted by Crippen LogP contribution is -2.31. The number of hydrogen-bond acceptors (Lipinski definition) is 4. The lowest BCUT2D eigenvalue weighted by atomic mass is 10.0. The Hall–Kier alpha value is -3.28. The van der Waals surface area contributed by atoms with Gasteiger partial charge in [-0.3, -0.25) is 4.79 Å². The summed E-state index contributed by atoms with van der Waals surface area (Å²) in [6, 6.07) is 15.4. The van der Waals surface area contributed by atoms with Gasteiger partial charge in [-0.15, -0.1) is 0 Å². The molecule has 0 radical (unpaired) electrons. The fraction of sp³-hybridized carbons (Fsp3) is 0.304. The summed E-state index contributed by atoms with van der Waals surface area (Å²) in [7, 11) is 5.00. The van der Waals surface area contributed by atoms with Gasteiger partial charge in [-0.25, -0.2) is 4.68 Å². The van der Waals surface area contributed by atoms with Crippen molar-refractivity contribution in [1.29, 1.82) is 0 Å². The van der Waals surface area contributed by atoms with E-state index < -0.39 is 0 Å². The number of benzene rings is 2. The van der Waals surface area contributed by atoms with Crippen molar-refractivity contribution in [2.24, 2.45) is 5.92 Å². The summed E-state index contributed by atoms with van der Waals surface area (Å²) in [4.78, 5) is 14.9. The average molecular weight is 393 g/mol. The predicted octanol–water partition coefficient (Wildman–Crippen LogP) is 4.28.